The maximum absolute atomic E-state index is 11.5. The summed E-state index contributed by atoms with van der Waals surface area (Å²) in [6, 6.07) is 31.9. The zero-order valence-corrected chi connectivity index (χ0v) is 19.0. The van der Waals surface area contributed by atoms with E-state index in [0.29, 0.717) is 24.5 Å². The third-order valence-corrected chi connectivity index (χ3v) is 5.68. The first-order chi connectivity index (χ1) is 16.1. The molecular formula is C29H25ClO3. The number of rotatable bonds is 9. The first-order valence-electron chi connectivity index (χ1n) is 10.9. The van der Waals surface area contributed by atoms with Crippen LogP contribution in [0.5, 0.6) is 5.75 Å². The van der Waals surface area contributed by atoms with Crippen LogP contribution >= 0.6 is 11.6 Å². The van der Waals surface area contributed by atoms with Crippen LogP contribution in [0, 0.1) is 0 Å². The van der Waals surface area contributed by atoms with Crippen molar-refractivity contribution >= 4 is 17.6 Å². The number of halogens is 1. The SMILES string of the molecule is O=C(O)Cc1cc(Cc2ccccc2)c(OCc2ccc(Cl)cc2)c(Cc2ccccc2)c1. The minimum atomic E-state index is -0.846. The number of hydrogen-bond donors (Lipinski definition) is 1. The Bertz CT molecular complexity index is 1140. The summed E-state index contributed by atoms with van der Waals surface area (Å²) >= 11 is 6.03. The van der Waals surface area contributed by atoms with Gasteiger partial charge in [-0.1, -0.05) is 96.5 Å². The van der Waals surface area contributed by atoms with Crippen LogP contribution in [0.4, 0.5) is 0 Å². The van der Waals surface area contributed by atoms with Gasteiger partial charge in [-0.25, -0.2) is 0 Å². The van der Waals surface area contributed by atoms with Gasteiger partial charge in [0, 0.05) is 17.9 Å². The molecule has 0 spiro atoms. The first-order valence-corrected chi connectivity index (χ1v) is 11.3. The Hall–Kier alpha value is -3.56. The number of carboxylic acids is 1. The van der Waals surface area contributed by atoms with Crippen LogP contribution in [0.3, 0.4) is 0 Å². The number of hydrogen-bond acceptors (Lipinski definition) is 2. The monoisotopic (exact) mass is 456 g/mol. The highest BCUT2D eigenvalue weighted by atomic mass is 35.5. The molecule has 4 aromatic rings. The van der Waals surface area contributed by atoms with Crippen molar-refractivity contribution in [2.24, 2.45) is 0 Å². The van der Waals surface area contributed by atoms with Gasteiger partial charge in [-0.05, 0) is 45.5 Å². The smallest absolute Gasteiger partial charge is 0.307 e. The third-order valence-electron chi connectivity index (χ3n) is 5.43. The van der Waals surface area contributed by atoms with Gasteiger partial charge in [0.15, 0.2) is 0 Å². The fourth-order valence-corrected chi connectivity index (χ4v) is 4.04. The number of ether oxygens (including phenoxy) is 1. The highest BCUT2D eigenvalue weighted by molar-refractivity contribution is 6.30. The van der Waals surface area contributed by atoms with Crippen LogP contribution in [-0.2, 0) is 30.7 Å². The van der Waals surface area contributed by atoms with Crippen molar-refractivity contribution in [2.75, 3.05) is 0 Å². The molecule has 0 saturated heterocycles. The van der Waals surface area contributed by atoms with E-state index in [4.69, 9.17) is 16.3 Å². The van der Waals surface area contributed by atoms with Crippen molar-refractivity contribution in [1.82, 2.24) is 0 Å². The quantitative estimate of drug-likeness (QED) is 0.304. The summed E-state index contributed by atoms with van der Waals surface area (Å²) in [7, 11) is 0. The van der Waals surface area contributed by atoms with Crippen LogP contribution in [0.2, 0.25) is 5.02 Å². The Morgan fingerprint density at radius 3 is 1.70 bits per heavy atom. The van der Waals surface area contributed by atoms with E-state index in [1.165, 1.54) is 0 Å². The van der Waals surface area contributed by atoms with E-state index in [1.807, 2.05) is 72.8 Å². The van der Waals surface area contributed by atoms with Crippen LogP contribution in [0.15, 0.2) is 97.1 Å². The molecule has 0 aromatic heterocycles. The van der Waals surface area contributed by atoms with Gasteiger partial charge < -0.3 is 9.84 Å². The van der Waals surface area contributed by atoms with E-state index < -0.39 is 5.97 Å². The van der Waals surface area contributed by atoms with Crippen molar-refractivity contribution in [3.63, 3.8) is 0 Å². The maximum Gasteiger partial charge on any atom is 0.307 e. The lowest BCUT2D eigenvalue weighted by atomic mass is 9.94. The fraction of sp³-hybridized carbons (Fsp3) is 0.138. The van der Waals surface area contributed by atoms with E-state index in [1.54, 1.807) is 0 Å². The second kappa shape index (κ2) is 10.8. The van der Waals surface area contributed by atoms with E-state index in [9.17, 15) is 9.90 Å². The van der Waals surface area contributed by atoms with Gasteiger partial charge in [0.05, 0.1) is 6.42 Å². The molecule has 0 radical (unpaired) electrons. The van der Waals surface area contributed by atoms with Gasteiger partial charge in [0.25, 0.3) is 0 Å². The van der Waals surface area contributed by atoms with Crippen molar-refractivity contribution in [2.45, 2.75) is 25.9 Å². The van der Waals surface area contributed by atoms with Gasteiger partial charge in [-0.3, -0.25) is 4.79 Å². The first kappa shape index (κ1) is 22.6. The Morgan fingerprint density at radius 1 is 0.697 bits per heavy atom. The molecule has 0 unspecified atom stereocenters. The highest BCUT2D eigenvalue weighted by Gasteiger charge is 2.16. The second-order valence-corrected chi connectivity index (χ2v) is 8.49. The van der Waals surface area contributed by atoms with Gasteiger partial charge in [-0.15, -0.1) is 0 Å². The Morgan fingerprint density at radius 2 is 1.21 bits per heavy atom. The molecule has 0 bridgehead atoms. The van der Waals surface area contributed by atoms with Crippen LogP contribution in [0.25, 0.3) is 0 Å². The molecule has 1 N–H and O–H groups in total. The molecule has 0 heterocycles. The largest absolute Gasteiger partial charge is 0.488 e. The van der Waals surface area contributed by atoms with Gasteiger partial charge in [-0.2, -0.15) is 0 Å². The number of aliphatic carboxylic acids is 1. The van der Waals surface area contributed by atoms with Crippen molar-refractivity contribution in [3.05, 3.63) is 135 Å². The van der Waals surface area contributed by atoms with Crippen LogP contribution in [0.1, 0.15) is 33.4 Å². The molecule has 0 aliphatic rings. The number of carboxylic acid groups (broad SMARTS) is 1. The van der Waals surface area contributed by atoms with E-state index in [0.717, 1.165) is 39.1 Å². The fourth-order valence-electron chi connectivity index (χ4n) is 3.92. The van der Waals surface area contributed by atoms with Gasteiger partial charge in [0.2, 0.25) is 0 Å². The number of carbonyl (C=O) groups is 1. The summed E-state index contributed by atoms with van der Waals surface area (Å²) in [5.41, 5.74) is 6.06. The summed E-state index contributed by atoms with van der Waals surface area (Å²) in [5, 5.41) is 10.1. The molecule has 0 aliphatic carbocycles. The molecular weight excluding hydrogens is 432 g/mol. The average Bonchev–Trinajstić information content (AvgIpc) is 2.81. The summed E-state index contributed by atoms with van der Waals surface area (Å²) in [6.45, 7) is 0.402. The predicted octanol–water partition coefficient (Wildman–Crippen LogP) is 6.73. The van der Waals surface area contributed by atoms with Gasteiger partial charge >= 0.3 is 5.97 Å². The van der Waals surface area contributed by atoms with Crippen LogP contribution in [-0.4, -0.2) is 11.1 Å². The lowest BCUT2D eigenvalue weighted by Gasteiger charge is -2.19. The molecule has 0 amide bonds. The zero-order valence-electron chi connectivity index (χ0n) is 18.2. The number of benzene rings is 4. The molecule has 166 valence electrons. The Kier molecular flexibility index (Phi) is 7.43. The molecule has 4 aromatic carbocycles. The highest BCUT2D eigenvalue weighted by Crippen LogP contribution is 2.31. The molecule has 4 rings (SSSR count). The molecule has 0 aliphatic heterocycles. The minimum absolute atomic E-state index is 0.0267. The van der Waals surface area contributed by atoms with Crippen molar-refractivity contribution in [3.8, 4) is 5.75 Å². The standard InChI is InChI=1S/C29H25ClO3/c30-27-13-11-23(12-14-27)20-33-29-25(15-21-7-3-1-4-8-21)17-24(19-28(31)32)18-26(29)16-22-9-5-2-6-10-22/h1-14,17-18H,15-16,19-20H2,(H,31,32). The normalized spacial score (nSPS) is 10.7. The van der Waals surface area contributed by atoms with E-state index >= 15 is 0 Å². The molecule has 4 heteroatoms. The van der Waals surface area contributed by atoms with Crippen molar-refractivity contribution < 1.29 is 14.6 Å². The lowest BCUT2D eigenvalue weighted by molar-refractivity contribution is -0.136. The Balaban J connectivity index is 1.75. The molecule has 0 fully saturated rings. The molecule has 3 nitrogen and oxygen atoms in total. The lowest BCUT2D eigenvalue weighted by Crippen LogP contribution is -2.07. The predicted molar refractivity (Wildman–Crippen MR) is 132 cm³/mol. The third kappa shape index (κ3) is 6.47. The summed E-state index contributed by atoms with van der Waals surface area (Å²) in [5.74, 6) is -0.0343. The van der Waals surface area contributed by atoms with Crippen LogP contribution < -0.4 is 4.74 Å². The van der Waals surface area contributed by atoms with E-state index in [2.05, 4.69) is 24.3 Å². The minimum Gasteiger partial charge on any atom is -0.488 e. The topological polar surface area (TPSA) is 46.5 Å². The van der Waals surface area contributed by atoms with E-state index in [-0.39, 0.29) is 6.42 Å². The molecule has 33 heavy (non-hydrogen) atoms. The zero-order chi connectivity index (χ0) is 23.0. The van der Waals surface area contributed by atoms with Gasteiger partial charge in [0.1, 0.15) is 12.4 Å². The molecule has 0 atom stereocenters. The summed E-state index contributed by atoms with van der Waals surface area (Å²) in [4.78, 5) is 11.5. The summed E-state index contributed by atoms with van der Waals surface area (Å²) < 4.78 is 6.41. The Labute approximate surface area is 199 Å². The van der Waals surface area contributed by atoms with Crippen molar-refractivity contribution in [1.29, 1.82) is 0 Å². The second-order valence-electron chi connectivity index (χ2n) is 8.05. The summed E-state index contributed by atoms with van der Waals surface area (Å²) in [6.07, 6.45) is 1.29. The average molecular weight is 457 g/mol. The molecule has 0 saturated carbocycles. The maximum atomic E-state index is 11.5.